The number of halogens is 2. The van der Waals surface area contributed by atoms with Gasteiger partial charge in [-0.15, -0.1) is 0 Å². The Kier molecular flexibility index (Phi) is 7.98. The van der Waals surface area contributed by atoms with Gasteiger partial charge in [-0.25, -0.2) is 9.97 Å². The third-order valence-corrected chi connectivity index (χ3v) is 3.40. The highest BCUT2D eigenvalue weighted by molar-refractivity contribution is 6.35. The second kappa shape index (κ2) is 10.00. The maximum absolute atomic E-state index is 5.97. The fraction of sp³-hybridized carbons (Fsp3) is 0.643. The number of rotatable bonds is 11. The van der Waals surface area contributed by atoms with Crippen molar-refractivity contribution in [2.75, 3.05) is 39.6 Å². The molecule has 9 heteroatoms. The second-order valence-electron chi connectivity index (χ2n) is 4.73. The summed E-state index contributed by atoms with van der Waals surface area (Å²) in [6.07, 6.45) is 2.67. The van der Waals surface area contributed by atoms with Crippen LogP contribution in [0.25, 0.3) is 11.2 Å². The predicted octanol–water partition coefficient (Wildman–Crippen LogP) is 2.59. The van der Waals surface area contributed by atoms with Crippen molar-refractivity contribution in [1.29, 1.82) is 0 Å². The normalized spacial score (nSPS) is 11.4. The summed E-state index contributed by atoms with van der Waals surface area (Å²) in [6, 6.07) is 0. The van der Waals surface area contributed by atoms with E-state index in [2.05, 4.69) is 21.9 Å². The highest BCUT2D eigenvalue weighted by atomic mass is 35.5. The molecule has 0 amide bonds. The van der Waals surface area contributed by atoms with E-state index in [0.29, 0.717) is 50.7 Å². The number of aromatic nitrogens is 4. The maximum atomic E-state index is 5.97. The van der Waals surface area contributed by atoms with Gasteiger partial charge in [0.1, 0.15) is 5.52 Å². The molecule has 0 unspecified atom stereocenters. The molecule has 0 aliphatic heterocycles. The molecule has 2 rings (SSSR count). The molecule has 2 aromatic rings. The average Bonchev–Trinajstić information content (AvgIpc) is 2.92. The predicted molar refractivity (Wildman–Crippen MR) is 88.1 cm³/mol. The minimum atomic E-state index is 0.101. The zero-order valence-electron chi connectivity index (χ0n) is 13.0. The van der Waals surface area contributed by atoms with Gasteiger partial charge in [-0.3, -0.25) is 0 Å². The zero-order valence-corrected chi connectivity index (χ0v) is 14.5. The smallest absolute Gasteiger partial charge is 0.225 e. The second-order valence-corrected chi connectivity index (χ2v) is 5.43. The van der Waals surface area contributed by atoms with Crippen molar-refractivity contribution in [3.63, 3.8) is 0 Å². The quantitative estimate of drug-likeness (QED) is 0.347. The van der Waals surface area contributed by atoms with Crippen molar-refractivity contribution in [2.45, 2.75) is 19.9 Å². The van der Waals surface area contributed by atoms with E-state index in [4.69, 9.17) is 37.4 Å². The monoisotopic (exact) mass is 362 g/mol. The summed E-state index contributed by atoms with van der Waals surface area (Å²) in [5.74, 6) is 0. The SMILES string of the molecule is CCCOCCOCCOCCn1cnc2c(Cl)nc(Cl)nc21. The molecule has 0 atom stereocenters. The first-order valence-corrected chi connectivity index (χ1v) is 8.25. The van der Waals surface area contributed by atoms with Crippen LogP contribution in [0.15, 0.2) is 6.33 Å². The zero-order chi connectivity index (χ0) is 16.5. The van der Waals surface area contributed by atoms with E-state index in [0.717, 1.165) is 13.0 Å². The summed E-state index contributed by atoms with van der Waals surface area (Å²) in [7, 11) is 0. The molecule has 2 heterocycles. The summed E-state index contributed by atoms with van der Waals surface area (Å²) in [6.45, 7) is 6.24. The van der Waals surface area contributed by atoms with Gasteiger partial charge >= 0.3 is 0 Å². The van der Waals surface area contributed by atoms with Crippen molar-refractivity contribution in [3.8, 4) is 0 Å². The lowest BCUT2D eigenvalue weighted by Gasteiger charge is -2.07. The van der Waals surface area contributed by atoms with Crippen LogP contribution in [-0.4, -0.2) is 59.2 Å². The summed E-state index contributed by atoms with van der Waals surface area (Å²) >= 11 is 11.8. The van der Waals surface area contributed by atoms with Gasteiger partial charge in [0.05, 0.1) is 39.4 Å². The Hall–Kier alpha value is -0.990. The molecule has 0 aliphatic rings. The third kappa shape index (κ3) is 5.86. The lowest BCUT2D eigenvalue weighted by atomic mass is 10.5. The van der Waals surface area contributed by atoms with Crippen LogP contribution >= 0.6 is 23.2 Å². The van der Waals surface area contributed by atoms with Crippen LogP contribution in [0.4, 0.5) is 0 Å². The van der Waals surface area contributed by atoms with Gasteiger partial charge < -0.3 is 18.8 Å². The minimum absolute atomic E-state index is 0.101. The summed E-state index contributed by atoms with van der Waals surface area (Å²) in [4.78, 5) is 12.2. The summed E-state index contributed by atoms with van der Waals surface area (Å²) in [5, 5.41) is 0.349. The summed E-state index contributed by atoms with van der Waals surface area (Å²) in [5.41, 5.74) is 1.13. The fourth-order valence-corrected chi connectivity index (χ4v) is 2.32. The molecule has 0 spiro atoms. The van der Waals surface area contributed by atoms with Gasteiger partial charge in [0.25, 0.3) is 0 Å². The number of imidazole rings is 1. The molecule has 0 aliphatic carbocycles. The first kappa shape index (κ1) is 18.4. The van der Waals surface area contributed by atoms with Crippen LogP contribution in [0.2, 0.25) is 10.4 Å². The Bertz CT molecular complexity index is 609. The van der Waals surface area contributed by atoms with Gasteiger partial charge in [0, 0.05) is 13.2 Å². The fourth-order valence-electron chi connectivity index (χ4n) is 1.90. The van der Waals surface area contributed by atoms with Crippen LogP contribution in [0.5, 0.6) is 0 Å². The number of ether oxygens (including phenoxy) is 3. The molecule has 2 aromatic heterocycles. The van der Waals surface area contributed by atoms with Crippen molar-refractivity contribution < 1.29 is 14.2 Å². The van der Waals surface area contributed by atoms with E-state index in [1.807, 2.05) is 4.57 Å². The lowest BCUT2D eigenvalue weighted by Crippen LogP contribution is -2.12. The van der Waals surface area contributed by atoms with Crippen LogP contribution in [-0.2, 0) is 20.8 Å². The van der Waals surface area contributed by atoms with Crippen LogP contribution < -0.4 is 0 Å². The molecule has 0 fully saturated rings. The van der Waals surface area contributed by atoms with E-state index in [-0.39, 0.29) is 10.4 Å². The number of hydrogen-bond acceptors (Lipinski definition) is 6. The van der Waals surface area contributed by atoms with Crippen molar-refractivity contribution in [1.82, 2.24) is 19.5 Å². The van der Waals surface area contributed by atoms with E-state index in [9.17, 15) is 0 Å². The Labute approximate surface area is 144 Å². The van der Waals surface area contributed by atoms with Gasteiger partial charge in [0.15, 0.2) is 10.8 Å². The van der Waals surface area contributed by atoms with Gasteiger partial charge in [-0.05, 0) is 18.0 Å². The van der Waals surface area contributed by atoms with Crippen LogP contribution in [0.3, 0.4) is 0 Å². The minimum Gasteiger partial charge on any atom is -0.379 e. The molecule has 128 valence electrons. The number of fused-ring (bicyclic) bond motifs is 1. The van der Waals surface area contributed by atoms with E-state index < -0.39 is 0 Å². The van der Waals surface area contributed by atoms with Crippen LogP contribution in [0, 0.1) is 0 Å². The average molecular weight is 363 g/mol. The maximum Gasteiger partial charge on any atom is 0.225 e. The Morgan fingerprint density at radius 3 is 2.30 bits per heavy atom. The van der Waals surface area contributed by atoms with Gasteiger partial charge in [0.2, 0.25) is 5.28 Å². The molecule has 0 N–H and O–H groups in total. The molecular weight excluding hydrogens is 343 g/mol. The summed E-state index contributed by atoms with van der Waals surface area (Å²) < 4.78 is 18.1. The highest BCUT2D eigenvalue weighted by Gasteiger charge is 2.10. The van der Waals surface area contributed by atoms with Crippen molar-refractivity contribution in [3.05, 3.63) is 16.8 Å². The topological polar surface area (TPSA) is 71.3 Å². The first-order chi connectivity index (χ1) is 11.2. The molecule has 0 radical (unpaired) electrons. The Balaban J connectivity index is 1.64. The third-order valence-electron chi connectivity index (χ3n) is 2.96. The standard InChI is InChI=1S/C14H20Cl2N4O3/c1-2-4-21-6-8-23-9-7-22-5-3-20-10-17-11-12(15)18-14(16)19-13(11)20/h10H,2-9H2,1H3. The van der Waals surface area contributed by atoms with Gasteiger partial charge in [-0.1, -0.05) is 18.5 Å². The Morgan fingerprint density at radius 1 is 0.957 bits per heavy atom. The molecule has 0 aromatic carbocycles. The molecular formula is C14H20Cl2N4O3. The molecule has 0 saturated carbocycles. The van der Waals surface area contributed by atoms with Crippen molar-refractivity contribution >= 4 is 34.4 Å². The van der Waals surface area contributed by atoms with Crippen LogP contribution in [0.1, 0.15) is 13.3 Å². The number of hydrogen-bond donors (Lipinski definition) is 0. The highest BCUT2D eigenvalue weighted by Crippen LogP contribution is 2.20. The van der Waals surface area contributed by atoms with E-state index >= 15 is 0 Å². The van der Waals surface area contributed by atoms with Gasteiger partial charge in [-0.2, -0.15) is 4.98 Å². The molecule has 0 saturated heterocycles. The number of nitrogens with zero attached hydrogens (tertiary/aromatic N) is 4. The lowest BCUT2D eigenvalue weighted by molar-refractivity contribution is 0.0134. The molecule has 23 heavy (non-hydrogen) atoms. The Morgan fingerprint density at radius 2 is 1.61 bits per heavy atom. The first-order valence-electron chi connectivity index (χ1n) is 7.49. The van der Waals surface area contributed by atoms with E-state index in [1.165, 1.54) is 0 Å². The molecule has 7 nitrogen and oxygen atoms in total. The molecule has 0 bridgehead atoms. The largest absolute Gasteiger partial charge is 0.379 e. The van der Waals surface area contributed by atoms with Crippen molar-refractivity contribution in [2.24, 2.45) is 0 Å². The van der Waals surface area contributed by atoms with E-state index in [1.54, 1.807) is 6.33 Å².